The molecule has 0 spiro atoms. The third-order valence-corrected chi connectivity index (χ3v) is 1.80. The van der Waals surface area contributed by atoms with Crippen molar-refractivity contribution in [3.8, 4) is 6.07 Å². The Morgan fingerprint density at radius 3 is 3.00 bits per heavy atom. The first kappa shape index (κ1) is 7.50. The topological polar surface area (TPSA) is 63.6 Å². The van der Waals surface area contributed by atoms with Crippen molar-refractivity contribution in [3.05, 3.63) is 41.5 Å². The Bertz CT molecular complexity index is 502. The van der Waals surface area contributed by atoms with E-state index in [0.29, 0.717) is 10.2 Å². The number of nitrogens with zero attached hydrogens (tertiary/aromatic N) is 3. The molecule has 0 N–H and O–H groups in total. The van der Waals surface area contributed by atoms with E-state index in [0.717, 1.165) is 5.39 Å². The van der Waals surface area contributed by atoms with Gasteiger partial charge in [0.1, 0.15) is 0 Å². The Morgan fingerprint density at radius 2 is 2.23 bits per heavy atom. The van der Waals surface area contributed by atoms with Crippen LogP contribution in [-0.2, 0) is 0 Å². The lowest BCUT2D eigenvalue weighted by molar-refractivity contribution is -0.580. The van der Waals surface area contributed by atoms with E-state index in [-0.39, 0.29) is 5.69 Å². The number of nitriles is 1. The third-order valence-electron chi connectivity index (χ3n) is 1.80. The number of fused-ring (bicyclic) bond motifs is 1. The fourth-order valence-electron chi connectivity index (χ4n) is 1.16. The zero-order chi connectivity index (χ0) is 9.26. The van der Waals surface area contributed by atoms with Crippen molar-refractivity contribution in [3.63, 3.8) is 0 Å². The van der Waals surface area contributed by atoms with E-state index in [1.807, 2.05) is 6.07 Å². The maximum Gasteiger partial charge on any atom is 0.295 e. The first-order valence-corrected chi connectivity index (χ1v) is 3.69. The van der Waals surface area contributed by atoms with Gasteiger partial charge in [-0.3, -0.25) is 4.98 Å². The van der Waals surface area contributed by atoms with Crippen LogP contribution in [0, 0.1) is 16.5 Å². The molecule has 0 amide bonds. The van der Waals surface area contributed by atoms with Crippen LogP contribution in [0.4, 0.5) is 0 Å². The first-order valence-electron chi connectivity index (χ1n) is 3.69. The molecule has 0 aliphatic rings. The molecule has 2 heterocycles. The van der Waals surface area contributed by atoms with Crippen LogP contribution in [0.3, 0.4) is 0 Å². The van der Waals surface area contributed by atoms with Gasteiger partial charge in [0, 0.05) is 24.5 Å². The summed E-state index contributed by atoms with van der Waals surface area (Å²) in [7, 11) is 0. The molecule has 0 aliphatic heterocycles. The molecule has 0 fully saturated rings. The Morgan fingerprint density at radius 1 is 1.38 bits per heavy atom. The van der Waals surface area contributed by atoms with Crippen LogP contribution in [0.15, 0.2) is 30.6 Å². The summed E-state index contributed by atoms with van der Waals surface area (Å²) < 4.78 is 0.608. The van der Waals surface area contributed by atoms with Crippen molar-refractivity contribution in [1.29, 1.82) is 5.26 Å². The second-order valence-corrected chi connectivity index (χ2v) is 2.56. The molecule has 0 bridgehead atoms. The monoisotopic (exact) mass is 171 g/mol. The molecule has 0 radical (unpaired) electrons. The lowest BCUT2D eigenvalue weighted by Crippen LogP contribution is -2.31. The SMILES string of the molecule is N#Cc1ccc2cnccc2[n+]1[O-]. The largest absolute Gasteiger partial charge is 0.617 e. The zero-order valence-corrected chi connectivity index (χ0v) is 6.64. The third kappa shape index (κ3) is 1.07. The predicted molar refractivity (Wildman–Crippen MR) is 45.4 cm³/mol. The minimum absolute atomic E-state index is 0.0960. The van der Waals surface area contributed by atoms with E-state index in [1.54, 1.807) is 18.3 Å². The summed E-state index contributed by atoms with van der Waals surface area (Å²) in [6, 6.07) is 6.59. The number of aromatic nitrogens is 2. The molecule has 0 saturated carbocycles. The fourth-order valence-corrected chi connectivity index (χ4v) is 1.16. The van der Waals surface area contributed by atoms with Gasteiger partial charge in [0.05, 0.1) is 5.39 Å². The van der Waals surface area contributed by atoms with Crippen LogP contribution in [-0.4, -0.2) is 4.98 Å². The van der Waals surface area contributed by atoms with Crippen LogP contribution in [0.1, 0.15) is 5.69 Å². The molecule has 2 aromatic rings. The van der Waals surface area contributed by atoms with Crippen molar-refractivity contribution in [2.45, 2.75) is 0 Å². The Labute approximate surface area is 74.3 Å². The molecule has 4 heteroatoms. The van der Waals surface area contributed by atoms with E-state index in [1.165, 1.54) is 12.3 Å². The van der Waals surface area contributed by atoms with Crippen LogP contribution < -0.4 is 4.73 Å². The highest BCUT2D eigenvalue weighted by Gasteiger charge is 2.08. The molecule has 0 aliphatic carbocycles. The standard InChI is InChI=1S/C9H5N3O/c10-5-8-2-1-7-6-11-4-3-9(7)12(8)13/h1-4,6H. The minimum atomic E-state index is 0.0960. The molecule has 0 unspecified atom stereocenters. The maximum atomic E-state index is 11.4. The summed E-state index contributed by atoms with van der Waals surface area (Å²) in [6.07, 6.45) is 3.11. The van der Waals surface area contributed by atoms with Crippen molar-refractivity contribution in [2.24, 2.45) is 0 Å². The van der Waals surface area contributed by atoms with Crippen LogP contribution >= 0.6 is 0 Å². The molecule has 2 rings (SSSR count). The van der Waals surface area contributed by atoms with E-state index in [2.05, 4.69) is 4.98 Å². The minimum Gasteiger partial charge on any atom is -0.617 e. The quantitative estimate of drug-likeness (QED) is 0.433. The Kier molecular flexibility index (Phi) is 1.57. The summed E-state index contributed by atoms with van der Waals surface area (Å²) in [6.45, 7) is 0. The molecule has 0 atom stereocenters. The van der Waals surface area contributed by atoms with E-state index >= 15 is 0 Å². The average molecular weight is 171 g/mol. The molecular weight excluding hydrogens is 166 g/mol. The van der Waals surface area contributed by atoms with Gasteiger partial charge >= 0.3 is 0 Å². The van der Waals surface area contributed by atoms with Gasteiger partial charge in [0.25, 0.3) is 5.69 Å². The van der Waals surface area contributed by atoms with Gasteiger partial charge in [-0.2, -0.15) is 9.99 Å². The van der Waals surface area contributed by atoms with Gasteiger partial charge in [-0.1, -0.05) is 0 Å². The molecule has 0 aromatic carbocycles. The summed E-state index contributed by atoms with van der Waals surface area (Å²) >= 11 is 0. The van der Waals surface area contributed by atoms with Gasteiger partial charge in [-0.05, 0) is 6.07 Å². The maximum absolute atomic E-state index is 11.4. The first-order chi connectivity index (χ1) is 6.33. The number of rotatable bonds is 0. The van der Waals surface area contributed by atoms with Gasteiger partial charge in [0.2, 0.25) is 5.52 Å². The number of hydrogen-bond donors (Lipinski definition) is 0. The van der Waals surface area contributed by atoms with Crippen LogP contribution in [0.5, 0.6) is 0 Å². The Hall–Kier alpha value is -2.15. The van der Waals surface area contributed by atoms with Crippen LogP contribution in [0.25, 0.3) is 10.9 Å². The van der Waals surface area contributed by atoms with Crippen molar-refractivity contribution >= 4 is 10.9 Å². The summed E-state index contributed by atoms with van der Waals surface area (Å²) in [5.41, 5.74) is 0.563. The summed E-state index contributed by atoms with van der Waals surface area (Å²) in [5.74, 6) is 0. The second-order valence-electron chi connectivity index (χ2n) is 2.56. The molecule has 62 valence electrons. The van der Waals surface area contributed by atoms with E-state index < -0.39 is 0 Å². The highest BCUT2D eigenvalue weighted by molar-refractivity contribution is 5.74. The summed E-state index contributed by atoms with van der Waals surface area (Å²) in [5, 5.41) is 20.8. The molecule has 0 saturated heterocycles. The van der Waals surface area contributed by atoms with Gasteiger partial charge in [-0.25, -0.2) is 0 Å². The van der Waals surface area contributed by atoms with Gasteiger partial charge < -0.3 is 5.21 Å². The molecular formula is C9H5N3O. The van der Waals surface area contributed by atoms with E-state index in [9.17, 15) is 5.21 Å². The van der Waals surface area contributed by atoms with Crippen molar-refractivity contribution in [1.82, 2.24) is 4.98 Å². The molecule has 2 aromatic heterocycles. The highest BCUT2D eigenvalue weighted by Crippen LogP contribution is 2.07. The normalized spacial score (nSPS) is 9.77. The second kappa shape index (κ2) is 2.72. The van der Waals surface area contributed by atoms with Crippen molar-refractivity contribution < 1.29 is 4.73 Å². The van der Waals surface area contributed by atoms with Crippen LogP contribution in [0.2, 0.25) is 0 Å². The molecule has 13 heavy (non-hydrogen) atoms. The van der Waals surface area contributed by atoms with Crippen molar-refractivity contribution in [2.75, 3.05) is 0 Å². The fraction of sp³-hybridized carbons (Fsp3) is 0. The highest BCUT2D eigenvalue weighted by atomic mass is 16.5. The van der Waals surface area contributed by atoms with Gasteiger partial charge in [0.15, 0.2) is 6.07 Å². The number of hydrogen-bond acceptors (Lipinski definition) is 3. The smallest absolute Gasteiger partial charge is 0.295 e. The summed E-state index contributed by atoms with van der Waals surface area (Å²) in [4.78, 5) is 3.87. The predicted octanol–water partition coefficient (Wildman–Crippen LogP) is 0.740. The van der Waals surface area contributed by atoms with Gasteiger partial charge in [-0.15, -0.1) is 0 Å². The Balaban J connectivity index is 2.89. The lowest BCUT2D eigenvalue weighted by atomic mass is 10.2. The number of pyridine rings is 2. The molecule has 4 nitrogen and oxygen atoms in total. The average Bonchev–Trinajstić information content (AvgIpc) is 2.19. The lowest BCUT2D eigenvalue weighted by Gasteiger charge is -2.00. The van der Waals surface area contributed by atoms with E-state index in [4.69, 9.17) is 5.26 Å². The zero-order valence-electron chi connectivity index (χ0n) is 6.64.